The van der Waals surface area contributed by atoms with E-state index in [0.29, 0.717) is 17.1 Å². The molecule has 0 aromatic rings. The predicted octanol–water partition coefficient (Wildman–Crippen LogP) is 0.0545. The summed E-state index contributed by atoms with van der Waals surface area (Å²) >= 11 is 4.91. The van der Waals surface area contributed by atoms with Crippen LogP contribution < -0.4 is 16.6 Å². The fourth-order valence-corrected chi connectivity index (χ4v) is 1.87. The Morgan fingerprint density at radius 2 is 2.36 bits per heavy atom. The van der Waals surface area contributed by atoms with Gasteiger partial charge in [-0.1, -0.05) is 0 Å². The van der Waals surface area contributed by atoms with E-state index < -0.39 is 0 Å². The molecule has 1 aliphatic rings. The van der Waals surface area contributed by atoms with Gasteiger partial charge in [-0.25, -0.2) is 5.84 Å². The van der Waals surface area contributed by atoms with Gasteiger partial charge in [0.05, 0.1) is 0 Å². The van der Waals surface area contributed by atoms with E-state index in [1.54, 1.807) is 0 Å². The van der Waals surface area contributed by atoms with Crippen LogP contribution >= 0.6 is 12.2 Å². The molecule has 14 heavy (non-hydrogen) atoms. The molecule has 1 saturated heterocycles. The summed E-state index contributed by atoms with van der Waals surface area (Å²) in [7, 11) is 0. The normalized spacial score (nSPS) is 22.7. The van der Waals surface area contributed by atoms with Crippen LogP contribution in [-0.2, 0) is 0 Å². The van der Waals surface area contributed by atoms with E-state index in [4.69, 9.17) is 18.1 Å². The van der Waals surface area contributed by atoms with Crippen LogP contribution in [0.15, 0.2) is 0 Å². The van der Waals surface area contributed by atoms with Crippen molar-refractivity contribution in [3.05, 3.63) is 0 Å². The Morgan fingerprint density at radius 1 is 1.64 bits per heavy atom. The standard InChI is InChI=1S/C9H20N4S/c1-7(2)13-4-3-8(6-13)5-11-9(14)12-10/h7-8H,3-6,10H2,1-2H3,(H2,11,12,14). The minimum atomic E-state index is 0.535. The fourth-order valence-electron chi connectivity index (χ4n) is 1.79. The van der Waals surface area contributed by atoms with Crippen molar-refractivity contribution in [1.82, 2.24) is 15.6 Å². The van der Waals surface area contributed by atoms with E-state index in [2.05, 4.69) is 29.5 Å². The van der Waals surface area contributed by atoms with Crippen molar-refractivity contribution in [3.63, 3.8) is 0 Å². The van der Waals surface area contributed by atoms with Gasteiger partial charge in [0.2, 0.25) is 0 Å². The molecule has 82 valence electrons. The third kappa shape index (κ3) is 3.40. The summed E-state index contributed by atoms with van der Waals surface area (Å²) in [5.41, 5.74) is 2.43. The van der Waals surface area contributed by atoms with Gasteiger partial charge in [0.25, 0.3) is 0 Å². The van der Waals surface area contributed by atoms with Gasteiger partial charge < -0.3 is 15.6 Å². The van der Waals surface area contributed by atoms with Gasteiger partial charge in [-0.2, -0.15) is 0 Å². The van der Waals surface area contributed by atoms with Crippen LogP contribution in [0, 0.1) is 5.92 Å². The Bertz CT molecular complexity index is 195. The van der Waals surface area contributed by atoms with Crippen molar-refractivity contribution in [2.24, 2.45) is 11.8 Å². The average molecular weight is 216 g/mol. The molecule has 1 unspecified atom stereocenters. The van der Waals surface area contributed by atoms with Crippen molar-refractivity contribution >= 4 is 17.3 Å². The molecule has 0 spiro atoms. The second kappa shape index (κ2) is 5.48. The molecule has 1 fully saturated rings. The second-order valence-electron chi connectivity index (χ2n) is 4.10. The van der Waals surface area contributed by atoms with Crippen molar-refractivity contribution in [2.75, 3.05) is 19.6 Å². The highest BCUT2D eigenvalue weighted by Crippen LogP contribution is 2.17. The van der Waals surface area contributed by atoms with E-state index in [1.807, 2.05) is 0 Å². The monoisotopic (exact) mass is 216 g/mol. The summed E-state index contributed by atoms with van der Waals surface area (Å²) in [4.78, 5) is 2.49. The van der Waals surface area contributed by atoms with E-state index in [1.165, 1.54) is 13.0 Å². The molecule has 0 saturated carbocycles. The highest BCUT2D eigenvalue weighted by Gasteiger charge is 2.23. The van der Waals surface area contributed by atoms with Crippen LogP contribution in [0.5, 0.6) is 0 Å². The first kappa shape index (κ1) is 11.7. The van der Waals surface area contributed by atoms with Crippen molar-refractivity contribution in [2.45, 2.75) is 26.3 Å². The summed E-state index contributed by atoms with van der Waals surface area (Å²) < 4.78 is 0. The molecule has 5 heteroatoms. The van der Waals surface area contributed by atoms with Crippen molar-refractivity contribution < 1.29 is 0 Å². The van der Waals surface area contributed by atoms with Crippen LogP contribution in [0.1, 0.15) is 20.3 Å². The molecule has 0 bridgehead atoms. The van der Waals surface area contributed by atoms with Crippen LogP contribution in [0.3, 0.4) is 0 Å². The summed E-state index contributed by atoms with van der Waals surface area (Å²) in [5.74, 6) is 5.87. The summed E-state index contributed by atoms with van der Waals surface area (Å²) in [6.07, 6.45) is 1.25. The molecule has 0 amide bonds. The van der Waals surface area contributed by atoms with Gasteiger partial charge >= 0.3 is 0 Å². The predicted molar refractivity (Wildman–Crippen MR) is 62.7 cm³/mol. The van der Waals surface area contributed by atoms with Gasteiger partial charge in [-0.3, -0.25) is 0 Å². The molecule has 0 aromatic heterocycles. The fraction of sp³-hybridized carbons (Fsp3) is 0.889. The van der Waals surface area contributed by atoms with Crippen LogP contribution in [0.25, 0.3) is 0 Å². The maximum atomic E-state index is 5.17. The lowest BCUT2D eigenvalue weighted by atomic mass is 10.1. The van der Waals surface area contributed by atoms with Crippen molar-refractivity contribution in [3.8, 4) is 0 Å². The van der Waals surface area contributed by atoms with E-state index in [-0.39, 0.29) is 0 Å². The number of likely N-dealkylation sites (tertiary alicyclic amines) is 1. The SMILES string of the molecule is CC(C)N1CCC(CNC(=S)NN)C1. The smallest absolute Gasteiger partial charge is 0.180 e. The van der Waals surface area contributed by atoms with Crippen LogP contribution in [0.4, 0.5) is 0 Å². The highest BCUT2D eigenvalue weighted by atomic mass is 32.1. The zero-order valence-corrected chi connectivity index (χ0v) is 9.73. The van der Waals surface area contributed by atoms with E-state index >= 15 is 0 Å². The Balaban J connectivity index is 2.19. The summed E-state index contributed by atoms with van der Waals surface area (Å²) in [6, 6.07) is 0.652. The molecule has 1 heterocycles. The molecule has 0 radical (unpaired) electrons. The van der Waals surface area contributed by atoms with Crippen LogP contribution in [0.2, 0.25) is 0 Å². The zero-order valence-electron chi connectivity index (χ0n) is 8.92. The topological polar surface area (TPSA) is 53.3 Å². The molecule has 0 aliphatic carbocycles. The first-order valence-electron chi connectivity index (χ1n) is 5.12. The summed E-state index contributed by atoms with van der Waals surface area (Å²) in [6.45, 7) is 7.76. The Hall–Kier alpha value is -0.390. The Morgan fingerprint density at radius 3 is 2.86 bits per heavy atom. The number of nitrogens with one attached hydrogen (secondary N) is 2. The summed E-state index contributed by atoms with van der Waals surface area (Å²) in [5, 5.41) is 3.64. The first-order chi connectivity index (χ1) is 6.63. The first-order valence-corrected chi connectivity index (χ1v) is 5.52. The maximum Gasteiger partial charge on any atom is 0.180 e. The Kier molecular flexibility index (Phi) is 4.57. The second-order valence-corrected chi connectivity index (χ2v) is 4.51. The number of nitrogens with two attached hydrogens (primary N) is 1. The molecular formula is C9H20N4S. The minimum absolute atomic E-state index is 0.535. The minimum Gasteiger partial charge on any atom is -0.361 e. The number of hydrogen-bond acceptors (Lipinski definition) is 3. The molecule has 1 aliphatic heterocycles. The number of rotatable bonds is 3. The number of nitrogens with zero attached hydrogens (tertiary/aromatic N) is 1. The van der Waals surface area contributed by atoms with Gasteiger partial charge in [0.1, 0.15) is 0 Å². The van der Waals surface area contributed by atoms with Gasteiger partial charge in [-0.05, 0) is 44.9 Å². The molecule has 4 N–H and O–H groups in total. The quantitative estimate of drug-likeness (QED) is 0.354. The van der Waals surface area contributed by atoms with Crippen molar-refractivity contribution in [1.29, 1.82) is 0 Å². The maximum absolute atomic E-state index is 5.17. The third-order valence-electron chi connectivity index (χ3n) is 2.73. The lowest BCUT2D eigenvalue weighted by Crippen LogP contribution is -2.42. The van der Waals surface area contributed by atoms with Gasteiger partial charge in [0.15, 0.2) is 5.11 Å². The lowest BCUT2D eigenvalue weighted by molar-refractivity contribution is 0.265. The molecule has 1 atom stereocenters. The largest absolute Gasteiger partial charge is 0.361 e. The number of hydrazine groups is 1. The highest BCUT2D eigenvalue weighted by molar-refractivity contribution is 7.80. The lowest BCUT2D eigenvalue weighted by Gasteiger charge is -2.20. The zero-order chi connectivity index (χ0) is 10.6. The van der Waals surface area contributed by atoms with Crippen LogP contribution in [-0.4, -0.2) is 35.7 Å². The molecular weight excluding hydrogens is 196 g/mol. The van der Waals surface area contributed by atoms with E-state index in [0.717, 1.165) is 13.1 Å². The number of thiocarbonyl (C=S) groups is 1. The van der Waals surface area contributed by atoms with Gasteiger partial charge in [0, 0.05) is 19.1 Å². The van der Waals surface area contributed by atoms with E-state index in [9.17, 15) is 0 Å². The van der Waals surface area contributed by atoms with Gasteiger partial charge in [-0.15, -0.1) is 0 Å². The molecule has 0 aromatic carbocycles. The Labute approximate surface area is 91.2 Å². The average Bonchev–Trinajstić information content (AvgIpc) is 2.62. The molecule has 4 nitrogen and oxygen atoms in total. The third-order valence-corrected chi connectivity index (χ3v) is 2.99. The number of hydrogen-bond donors (Lipinski definition) is 3. The molecule has 1 rings (SSSR count).